The summed E-state index contributed by atoms with van der Waals surface area (Å²) in [4.78, 5) is 23.7. The van der Waals surface area contributed by atoms with Crippen LogP contribution in [-0.2, 0) is 16.1 Å². The predicted molar refractivity (Wildman–Crippen MR) is 92.8 cm³/mol. The fourth-order valence-corrected chi connectivity index (χ4v) is 3.34. The molecule has 2 N–H and O–H groups in total. The summed E-state index contributed by atoms with van der Waals surface area (Å²) < 4.78 is 1.93. The van der Waals surface area contributed by atoms with Crippen LogP contribution in [-0.4, -0.2) is 31.7 Å². The molecule has 2 aromatic rings. The van der Waals surface area contributed by atoms with Gasteiger partial charge in [0, 0.05) is 23.7 Å². The molecular weight excluding hydrogens is 320 g/mol. The SMILES string of the molecule is CCn1cnnc1-c1cccc(NC(=O)C2CCCC(C(=O)O)C2)c1. The Balaban J connectivity index is 1.72. The Kier molecular flexibility index (Phi) is 5.11. The summed E-state index contributed by atoms with van der Waals surface area (Å²) in [5, 5.41) is 20.2. The third-order valence-corrected chi connectivity index (χ3v) is 4.74. The quantitative estimate of drug-likeness (QED) is 0.871. The number of benzene rings is 1. The number of nitrogens with zero attached hydrogens (tertiary/aromatic N) is 3. The summed E-state index contributed by atoms with van der Waals surface area (Å²) in [6.07, 6.45) is 4.25. The molecule has 1 aliphatic carbocycles. The van der Waals surface area contributed by atoms with Gasteiger partial charge in [0.05, 0.1) is 5.92 Å². The van der Waals surface area contributed by atoms with Crippen LogP contribution in [0.25, 0.3) is 11.4 Å². The van der Waals surface area contributed by atoms with Gasteiger partial charge in [-0.15, -0.1) is 10.2 Å². The van der Waals surface area contributed by atoms with E-state index in [4.69, 9.17) is 0 Å². The van der Waals surface area contributed by atoms with Crippen molar-refractivity contribution in [2.45, 2.75) is 39.2 Å². The van der Waals surface area contributed by atoms with Crippen LogP contribution in [0.3, 0.4) is 0 Å². The van der Waals surface area contributed by atoms with Gasteiger partial charge < -0.3 is 15.0 Å². The molecule has 1 fully saturated rings. The number of aromatic nitrogens is 3. The highest BCUT2D eigenvalue weighted by molar-refractivity contribution is 5.93. The minimum atomic E-state index is -0.807. The Morgan fingerprint density at radius 3 is 2.88 bits per heavy atom. The standard InChI is InChI=1S/C18H22N4O3/c1-2-22-11-19-21-16(22)12-5-4-8-15(10-12)20-17(23)13-6-3-7-14(9-13)18(24)25/h4-5,8,10-11,13-14H,2-3,6-7,9H2,1H3,(H,20,23)(H,24,25). The number of carbonyl (C=O) groups is 2. The van der Waals surface area contributed by atoms with Gasteiger partial charge in [-0.2, -0.15) is 0 Å². The van der Waals surface area contributed by atoms with Gasteiger partial charge in [-0.1, -0.05) is 18.6 Å². The zero-order valence-corrected chi connectivity index (χ0v) is 14.2. The third-order valence-electron chi connectivity index (χ3n) is 4.74. The average molecular weight is 342 g/mol. The maximum absolute atomic E-state index is 12.5. The minimum absolute atomic E-state index is 0.111. The number of carbonyl (C=O) groups excluding carboxylic acids is 1. The molecule has 1 aromatic carbocycles. The first kappa shape index (κ1) is 17.1. The smallest absolute Gasteiger partial charge is 0.306 e. The van der Waals surface area contributed by atoms with Gasteiger partial charge in [0.1, 0.15) is 6.33 Å². The molecule has 7 nitrogen and oxygen atoms in total. The van der Waals surface area contributed by atoms with E-state index in [1.54, 1.807) is 6.33 Å². The normalized spacial score (nSPS) is 20.2. The number of rotatable bonds is 5. The van der Waals surface area contributed by atoms with Gasteiger partial charge in [-0.3, -0.25) is 9.59 Å². The lowest BCUT2D eigenvalue weighted by Crippen LogP contribution is -2.30. The molecule has 25 heavy (non-hydrogen) atoms. The van der Waals surface area contributed by atoms with Gasteiger partial charge in [-0.05, 0) is 38.3 Å². The minimum Gasteiger partial charge on any atom is -0.481 e. The number of carboxylic acid groups (broad SMARTS) is 1. The lowest BCUT2D eigenvalue weighted by Gasteiger charge is -2.25. The molecule has 0 spiro atoms. The largest absolute Gasteiger partial charge is 0.481 e. The number of nitrogens with one attached hydrogen (secondary N) is 1. The number of hydrogen-bond acceptors (Lipinski definition) is 4. The van der Waals surface area contributed by atoms with Crippen molar-refractivity contribution in [2.75, 3.05) is 5.32 Å². The summed E-state index contributed by atoms with van der Waals surface area (Å²) in [6, 6.07) is 7.48. The second-order valence-electron chi connectivity index (χ2n) is 6.41. The van der Waals surface area contributed by atoms with E-state index in [0.29, 0.717) is 18.5 Å². The van der Waals surface area contributed by atoms with Crippen molar-refractivity contribution in [3.05, 3.63) is 30.6 Å². The molecule has 132 valence electrons. The predicted octanol–water partition coefficient (Wildman–Crippen LogP) is 2.79. The zero-order chi connectivity index (χ0) is 17.8. The highest BCUT2D eigenvalue weighted by Crippen LogP contribution is 2.30. The van der Waals surface area contributed by atoms with Crippen LogP contribution in [0.4, 0.5) is 5.69 Å². The van der Waals surface area contributed by atoms with Gasteiger partial charge in [0.2, 0.25) is 5.91 Å². The Hall–Kier alpha value is -2.70. The molecule has 0 aliphatic heterocycles. The molecule has 1 amide bonds. The first-order chi connectivity index (χ1) is 12.1. The van der Waals surface area contributed by atoms with E-state index in [0.717, 1.165) is 30.8 Å². The van der Waals surface area contributed by atoms with Crippen molar-refractivity contribution in [1.82, 2.24) is 14.8 Å². The van der Waals surface area contributed by atoms with Crippen molar-refractivity contribution in [3.8, 4) is 11.4 Å². The number of amides is 1. The molecular formula is C18H22N4O3. The highest BCUT2D eigenvalue weighted by atomic mass is 16.4. The molecule has 2 atom stereocenters. The molecule has 3 rings (SSSR count). The van der Waals surface area contributed by atoms with Gasteiger partial charge in [0.15, 0.2) is 5.82 Å². The van der Waals surface area contributed by atoms with Crippen LogP contribution in [0.15, 0.2) is 30.6 Å². The highest BCUT2D eigenvalue weighted by Gasteiger charge is 2.31. The summed E-state index contributed by atoms with van der Waals surface area (Å²) >= 11 is 0. The Labute approximate surface area is 146 Å². The van der Waals surface area contributed by atoms with Crippen molar-refractivity contribution in [2.24, 2.45) is 11.8 Å². The van der Waals surface area contributed by atoms with Gasteiger partial charge in [-0.25, -0.2) is 0 Å². The number of anilines is 1. The van der Waals surface area contributed by atoms with Crippen molar-refractivity contribution < 1.29 is 14.7 Å². The molecule has 1 saturated carbocycles. The zero-order valence-electron chi connectivity index (χ0n) is 14.2. The average Bonchev–Trinajstić information content (AvgIpc) is 3.11. The number of aliphatic carboxylic acids is 1. The molecule has 2 unspecified atom stereocenters. The summed E-state index contributed by atoms with van der Waals surface area (Å²) in [6.45, 7) is 2.78. The first-order valence-electron chi connectivity index (χ1n) is 8.60. The second-order valence-corrected chi connectivity index (χ2v) is 6.41. The topological polar surface area (TPSA) is 97.1 Å². The first-order valence-corrected chi connectivity index (χ1v) is 8.60. The number of carboxylic acids is 1. The van der Waals surface area contributed by atoms with Crippen LogP contribution in [0.5, 0.6) is 0 Å². The molecule has 7 heteroatoms. The molecule has 1 aromatic heterocycles. The maximum Gasteiger partial charge on any atom is 0.306 e. The Morgan fingerprint density at radius 1 is 1.32 bits per heavy atom. The van der Waals surface area contributed by atoms with E-state index >= 15 is 0 Å². The van der Waals surface area contributed by atoms with Crippen LogP contribution in [0.2, 0.25) is 0 Å². The van der Waals surface area contributed by atoms with Crippen molar-refractivity contribution in [1.29, 1.82) is 0 Å². The van der Waals surface area contributed by atoms with Crippen LogP contribution < -0.4 is 5.32 Å². The molecule has 1 heterocycles. The number of aryl methyl sites for hydroxylation is 1. The van der Waals surface area contributed by atoms with E-state index in [1.165, 1.54) is 0 Å². The van der Waals surface area contributed by atoms with Crippen LogP contribution in [0.1, 0.15) is 32.6 Å². The van der Waals surface area contributed by atoms with E-state index in [1.807, 2.05) is 35.8 Å². The monoisotopic (exact) mass is 342 g/mol. The third kappa shape index (κ3) is 3.87. The molecule has 0 saturated heterocycles. The van der Waals surface area contributed by atoms with E-state index in [9.17, 15) is 14.7 Å². The fraction of sp³-hybridized carbons (Fsp3) is 0.444. The Bertz CT molecular complexity index is 771. The van der Waals surface area contributed by atoms with Crippen molar-refractivity contribution >= 4 is 17.6 Å². The lowest BCUT2D eigenvalue weighted by molar-refractivity contribution is -0.143. The summed E-state index contributed by atoms with van der Waals surface area (Å²) in [5.41, 5.74) is 1.56. The summed E-state index contributed by atoms with van der Waals surface area (Å²) in [7, 11) is 0. The fourth-order valence-electron chi connectivity index (χ4n) is 3.34. The van der Waals surface area contributed by atoms with E-state index in [2.05, 4.69) is 15.5 Å². The van der Waals surface area contributed by atoms with Crippen LogP contribution >= 0.6 is 0 Å². The molecule has 0 radical (unpaired) electrons. The Morgan fingerprint density at radius 2 is 2.12 bits per heavy atom. The molecule has 0 bridgehead atoms. The summed E-state index contributed by atoms with van der Waals surface area (Å²) in [5.74, 6) is -0.836. The van der Waals surface area contributed by atoms with E-state index in [-0.39, 0.29) is 11.8 Å². The van der Waals surface area contributed by atoms with Gasteiger partial charge in [0.25, 0.3) is 0 Å². The van der Waals surface area contributed by atoms with E-state index < -0.39 is 11.9 Å². The van der Waals surface area contributed by atoms with Gasteiger partial charge >= 0.3 is 5.97 Å². The van der Waals surface area contributed by atoms with Crippen molar-refractivity contribution in [3.63, 3.8) is 0 Å². The molecule has 1 aliphatic rings. The maximum atomic E-state index is 12.5. The second kappa shape index (κ2) is 7.46. The number of hydrogen-bond donors (Lipinski definition) is 2. The lowest BCUT2D eigenvalue weighted by atomic mass is 9.81. The van der Waals surface area contributed by atoms with Crippen LogP contribution in [0, 0.1) is 11.8 Å².